The molecule has 0 atom stereocenters. The molecule has 1 heterocycles. The molecule has 5 heteroatoms. The van der Waals surface area contributed by atoms with Crippen LogP contribution in [0.5, 0.6) is 0 Å². The molecule has 1 N–H and O–H groups in total. The number of halogens is 1. The van der Waals surface area contributed by atoms with E-state index in [1.165, 1.54) is 6.07 Å². The molecule has 0 spiro atoms. The summed E-state index contributed by atoms with van der Waals surface area (Å²) < 4.78 is 2.75. The van der Waals surface area contributed by atoms with E-state index >= 15 is 0 Å². The molecular weight excluding hydrogens is 274 g/mol. The van der Waals surface area contributed by atoms with Crippen LogP contribution in [0.4, 0.5) is 0 Å². The lowest BCUT2D eigenvalue weighted by atomic mass is 10.1. The van der Waals surface area contributed by atoms with Crippen molar-refractivity contribution in [3.63, 3.8) is 0 Å². The van der Waals surface area contributed by atoms with Gasteiger partial charge in [0.05, 0.1) is 0 Å². The zero-order valence-corrected chi connectivity index (χ0v) is 9.98. The number of carboxylic acids is 1. The third kappa shape index (κ3) is 1.63. The topological polar surface area (TPSA) is 59.3 Å². The van der Waals surface area contributed by atoms with Crippen LogP contribution in [0.25, 0.3) is 10.9 Å². The van der Waals surface area contributed by atoms with Crippen LogP contribution in [-0.4, -0.2) is 21.4 Å². The van der Waals surface area contributed by atoms with Crippen LogP contribution >= 0.6 is 15.9 Å². The van der Waals surface area contributed by atoms with Gasteiger partial charge in [0.2, 0.25) is 0 Å². The molecule has 0 aliphatic heterocycles. The number of hydrogen-bond donors (Lipinski definition) is 1. The van der Waals surface area contributed by atoms with Gasteiger partial charge in [-0.25, -0.2) is 4.79 Å². The molecule has 2 aromatic rings. The van der Waals surface area contributed by atoms with Crippen LogP contribution in [0.2, 0.25) is 0 Å². The van der Waals surface area contributed by atoms with Gasteiger partial charge in [0, 0.05) is 34.2 Å². The van der Waals surface area contributed by atoms with E-state index in [0.29, 0.717) is 0 Å². The highest BCUT2D eigenvalue weighted by Gasteiger charge is 2.15. The first-order valence-electron chi connectivity index (χ1n) is 4.53. The van der Waals surface area contributed by atoms with Crippen LogP contribution < -0.4 is 0 Å². The lowest BCUT2D eigenvalue weighted by Crippen LogP contribution is -2.12. The van der Waals surface area contributed by atoms with E-state index in [2.05, 4.69) is 15.9 Å². The summed E-state index contributed by atoms with van der Waals surface area (Å²) in [6.45, 7) is 0. The normalized spacial score (nSPS) is 10.6. The first kappa shape index (κ1) is 10.9. The zero-order valence-electron chi connectivity index (χ0n) is 8.40. The van der Waals surface area contributed by atoms with Crippen LogP contribution in [0.1, 0.15) is 10.4 Å². The summed E-state index contributed by atoms with van der Waals surface area (Å²) in [7, 11) is 1.84. The number of fused-ring (bicyclic) bond motifs is 1. The predicted molar refractivity (Wildman–Crippen MR) is 62.6 cm³/mol. The second kappa shape index (κ2) is 3.75. The van der Waals surface area contributed by atoms with Crippen molar-refractivity contribution in [2.75, 3.05) is 0 Å². The Bertz CT molecular complexity index is 601. The maximum Gasteiger partial charge on any atom is 0.377 e. The lowest BCUT2D eigenvalue weighted by molar-refractivity contribution is -0.131. The summed E-state index contributed by atoms with van der Waals surface area (Å²) in [4.78, 5) is 21.8. The van der Waals surface area contributed by atoms with Crippen molar-refractivity contribution in [3.8, 4) is 0 Å². The Hall–Kier alpha value is -1.62. The number of carboxylic acid groups (broad SMARTS) is 1. The third-order valence-electron chi connectivity index (χ3n) is 2.40. The standard InChI is InChI=1S/C11H8BrNO3/c1-13-5-8(12)7-3-2-6(4-9(7)13)10(14)11(15)16/h2-5H,1H3,(H,15,16). The Morgan fingerprint density at radius 2 is 2.06 bits per heavy atom. The largest absolute Gasteiger partial charge is 0.475 e. The Balaban J connectivity index is 2.64. The summed E-state index contributed by atoms with van der Waals surface area (Å²) in [5, 5.41) is 9.56. The molecule has 2 rings (SSSR count). The molecule has 1 aromatic heterocycles. The van der Waals surface area contributed by atoms with Crippen molar-refractivity contribution in [1.82, 2.24) is 4.57 Å². The molecule has 0 amide bonds. The van der Waals surface area contributed by atoms with E-state index < -0.39 is 11.8 Å². The van der Waals surface area contributed by atoms with Gasteiger partial charge in [-0.05, 0) is 28.1 Å². The number of aliphatic carboxylic acids is 1. The van der Waals surface area contributed by atoms with Crippen LogP contribution in [0.15, 0.2) is 28.9 Å². The van der Waals surface area contributed by atoms with E-state index in [9.17, 15) is 9.59 Å². The molecule has 0 bridgehead atoms. The van der Waals surface area contributed by atoms with Gasteiger partial charge in [-0.3, -0.25) is 4.79 Å². The van der Waals surface area contributed by atoms with E-state index in [4.69, 9.17) is 5.11 Å². The lowest BCUT2D eigenvalue weighted by Gasteiger charge is -1.99. The molecule has 0 radical (unpaired) electrons. The van der Waals surface area contributed by atoms with Gasteiger partial charge in [0.1, 0.15) is 0 Å². The molecule has 4 nitrogen and oxygen atoms in total. The number of ketones is 1. The van der Waals surface area contributed by atoms with Crippen LogP contribution in [0, 0.1) is 0 Å². The first-order valence-corrected chi connectivity index (χ1v) is 5.32. The van der Waals surface area contributed by atoms with Gasteiger partial charge in [-0.2, -0.15) is 0 Å². The molecule has 0 fully saturated rings. The Kier molecular flexibility index (Phi) is 2.55. The fourth-order valence-corrected chi connectivity index (χ4v) is 2.24. The Labute approximate surface area is 99.6 Å². The highest BCUT2D eigenvalue weighted by molar-refractivity contribution is 9.10. The fourth-order valence-electron chi connectivity index (χ4n) is 1.60. The molecule has 1 aromatic carbocycles. The highest BCUT2D eigenvalue weighted by atomic mass is 79.9. The quantitative estimate of drug-likeness (QED) is 0.678. The predicted octanol–water partition coefficient (Wildman–Crippen LogP) is 2.21. The van der Waals surface area contributed by atoms with Gasteiger partial charge in [0.25, 0.3) is 5.78 Å². The minimum Gasteiger partial charge on any atom is -0.475 e. The minimum absolute atomic E-state index is 0.189. The summed E-state index contributed by atoms with van der Waals surface area (Å²) in [6, 6.07) is 4.83. The van der Waals surface area contributed by atoms with Crippen molar-refractivity contribution in [3.05, 3.63) is 34.4 Å². The van der Waals surface area contributed by atoms with E-state index in [1.54, 1.807) is 12.1 Å². The van der Waals surface area contributed by atoms with Gasteiger partial charge < -0.3 is 9.67 Å². The number of rotatable bonds is 2. The number of carbonyl (C=O) groups is 2. The average Bonchev–Trinajstić information content (AvgIpc) is 2.53. The number of aromatic nitrogens is 1. The van der Waals surface area contributed by atoms with E-state index in [0.717, 1.165) is 15.4 Å². The monoisotopic (exact) mass is 281 g/mol. The first-order chi connectivity index (χ1) is 7.50. The van der Waals surface area contributed by atoms with Gasteiger partial charge >= 0.3 is 5.97 Å². The summed E-state index contributed by atoms with van der Waals surface area (Å²) in [6.07, 6.45) is 1.86. The molecule has 0 saturated carbocycles. The van der Waals surface area contributed by atoms with Gasteiger partial charge in [-0.15, -0.1) is 0 Å². The number of aryl methyl sites for hydroxylation is 1. The molecule has 16 heavy (non-hydrogen) atoms. The number of nitrogens with zero attached hydrogens (tertiary/aromatic N) is 1. The van der Waals surface area contributed by atoms with Crippen molar-refractivity contribution < 1.29 is 14.7 Å². The maximum absolute atomic E-state index is 11.3. The second-order valence-electron chi connectivity index (χ2n) is 3.45. The highest BCUT2D eigenvalue weighted by Crippen LogP contribution is 2.26. The van der Waals surface area contributed by atoms with Gasteiger partial charge in [-0.1, -0.05) is 6.07 Å². The number of Topliss-reactive ketones (excluding diaryl/α,β-unsaturated/α-hetero) is 1. The van der Waals surface area contributed by atoms with Gasteiger partial charge in [0.15, 0.2) is 0 Å². The molecular formula is C11H8BrNO3. The summed E-state index contributed by atoms with van der Waals surface area (Å²) in [5.41, 5.74) is 1.01. The Morgan fingerprint density at radius 1 is 1.38 bits per heavy atom. The number of benzene rings is 1. The molecule has 0 aliphatic rings. The summed E-state index contributed by atoms with van der Waals surface area (Å²) >= 11 is 3.39. The van der Waals surface area contributed by atoms with Crippen molar-refractivity contribution in [1.29, 1.82) is 0 Å². The van der Waals surface area contributed by atoms with Crippen LogP contribution in [-0.2, 0) is 11.8 Å². The summed E-state index contributed by atoms with van der Waals surface area (Å²) in [5.74, 6) is -2.33. The fraction of sp³-hybridized carbons (Fsp3) is 0.0909. The van der Waals surface area contributed by atoms with Crippen molar-refractivity contribution >= 4 is 38.6 Å². The van der Waals surface area contributed by atoms with Crippen LogP contribution in [0.3, 0.4) is 0 Å². The average molecular weight is 282 g/mol. The van der Waals surface area contributed by atoms with Crippen molar-refractivity contribution in [2.45, 2.75) is 0 Å². The molecule has 82 valence electrons. The SMILES string of the molecule is Cn1cc(Br)c2ccc(C(=O)C(=O)O)cc21. The zero-order chi connectivity index (χ0) is 11.9. The number of hydrogen-bond acceptors (Lipinski definition) is 2. The number of carbonyl (C=O) groups excluding carboxylic acids is 1. The second-order valence-corrected chi connectivity index (χ2v) is 4.31. The molecule has 0 unspecified atom stereocenters. The molecule has 0 aliphatic carbocycles. The Morgan fingerprint density at radius 3 is 2.69 bits per heavy atom. The molecule has 0 saturated heterocycles. The van der Waals surface area contributed by atoms with E-state index in [-0.39, 0.29) is 5.56 Å². The maximum atomic E-state index is 11.3. The smallest absolute Gasteiger partial charge is 0.377 e. The minimum atomic E-state index is -1.44. The van der Waals surface area contributed by atoms with E-state index in [1.807, 2.05) is 17.8 Å². The van der Waals surface area contributed by atoms with Crippen molar-refractivity contribution in [2.24, 2.45) is 7.05 Å². The third-order valence-corrected chi connectivity index (χ3v) is 3.03.